The molecule has 0 aliphatic carbocycles. The predicted molar refractivity (Wildman–Crippen MR) is 109 cm³/mol. The second-order valence-corrected chi connectivity index (χ2v) is 7.52. The first-order valence-corrected chi connectivity index (χ1v) is 9.72. The van der Waals surface area contributed by atoms with E-state index in [1.165, 1.54) is 17.2 Å². The number of hydrogen-bond donors (Lipinski definition) is 1. The number of aryl methyl sites for hydroxylation is 1. The maximum Gasteiger partial charge on any atom is 0.414 e. The molecule has 4 rings (SSSR count). The number of aromatic amines is 1. The van der Waals surface area contributed by atoms with Gasteiger partial charge in [0.15, 0.2) is 5.82 Å². The van der Waals surface area contributed by atoms with E-state index in [0.29, 0.717) is 35.5 Å². The number of halogens is 2. The number of hydrogen-bond acceptors (Lipinski definition) is 4. The van der Waals surface area contributed by atoms with E-state index >= 15 is 0 Å². The summed E-state index contributed by atoms with van der Waals surface area (Å²) < 4.78 is 19.8. The van der Waals surface area contributed by atoms with E-state index in [4.69, 9.17) is 16.3 Å². The van der Waals surface area contributed by atoms with Crippen LogP contribution in [-0.2, 0) is 11.2 Å². The number of anilines is 1. The van der Waals surface area contributed by atoms with E-state index in [9.17, 15) is 14.0 Å². The normalized spacial score (nSPS) is 15.0. The third-order valence-corrected chi connectivity index (χ3v) is 5.41. The Labute approximate surface area is 171 Å². The fourth-order valence-electron chi connectivity index (χ4n) is 3.54. The molecule has 6 nitrogen and oxygen atoms in total. The van der Waals surface area contributed by atoms with Crippen molar-refractivity contribution in [2.75, 3.05) is 18.1 Å². The van der Waals surface area contributed by atoms with Crippen LogP contribution in [0.5, 0.6) is 0 Å². The molecule has 150 valence electrons. The van der Waals surface area contributed by atoms with Gasteiger partial charge in [-0.3, -0.25) is 14.7 Å². The highest BCUT2D eigenvalue weighted by Crippen LogP contribution is 2.27. The van der Waals surface area contributed by atoms with Crippen LogP contribution in [0.15, 0.2) is 41.3 Å². The quantitative estimate of drug-likeness (QED) is 0.669. The average molecular weight is 416 g/mol. The van der Waals surface area contributed by atoms with Crippen LogP contribution in [0.2, 0.25) is 5.02 Å². The van der Waals surface area contributed by atoms with Gasteiger partial charge in [-0.15, -0.1) is 0 Å². The van der Waals surface area contributed by atoms with Crippen molar-refractivity contribution in [3.63, 3.8) is 0 Å². The van der Waals surface area contributed by atoms with Crippen molar-refractivity contribution in [3.8, 4) is 0 Å². The second kappa shape index (κ2) is 7.83. The molecule has 0 spiro atoms. The summed E-state index contributed by atoms with van der Waals surface area (Å²) in [5, 5.41) is 1.43. The molecule has 1 amide bonds. The SMILES string of the molecule is C[C@H](CCc1nccc(N2CCOC2=O)c1F)c1cc2cc(Cl)ccc2[nH]c1=O. The Morgan fingerprint density at radius 3 is 2.90 bits per heavy atom. The first kappa shape index (κ1) is 19.4. The molecule has 1 atom stereocenters. The fraction of sp³-hybridized carbons (Fsp3) is 0.286. The van der Waals surface area contributed by atoms with Crippen molar-refractivity contribution in [3.05, 3.63) is 69.0 Å². The third-order valence-electron chi connectivity index (χ3n) is 5.17. The Kier molecular flexibility index (Phi) is 5.24. The van der Waals surface area contributed by atoms with E-state index in [1.54, 1.807) is 18.2 Å². The Bertz CT molecular complexity index is 1150. The standard InChI is InChI=1S/C21H19ClFN3O3/c1-12(15-11-13-10-14(22)3-5-16(13)25-20(15)27)2-4-17-19(23)18(6-7-24-17)26-8-9-29-21(26)28/h3,5-7,10-12H,2,4,8-9H2,1H3,(H,25,27)/t12-/m1/s1. The van der Waals surface area contributed by atoms with Crippen LogP contribution in [0, 0.1) is 5.82 Å². The van der Waals surface area contributed by atoms with Gasteiger partial charge in [0, 0.05) is 22.3 Å². The number of pyridine rings is 2. The molecule has 1 aromatic carbocycles. The van der Waals surface area contributed by atoms with E-state index in [0.717, 1.165) is 5.39 Å². The maximum absolute atomic E-state index is 14.9. The molecule has 1 saturated heterocycles. The summed E-state index contributed by atoms with van der Waals surface area (Å²) in [6.07, 6.45) is 1.77. The largest absolute Gasteiger partial charge is 0.447 e. The van der Waals surface area contributed by atoms with Gasteiger partial charge in [0.25, 0.3) is 5.56 Å². The summed E-state index contributed by atoms with van der Waals surface area (Å²) in [4.78, 5) is 32.5. The van der Waals surface area contributed by atoms with Crippen LogP contribution in [0.25, 0.3) is 10.9 Å². The van der Waals surface area contributed by atoms with E-state index in [-0.39, 0.29) is 29.5 Å². The molecule has 0 radical (unpaired) electrons. The monoisotopic (exact) mass is 415 g/mol. The van der Waals surface area contributed by atoms with Crippen LogP contribution in [0.4, 0.5) is 14.9 Å². The summed E-state index contributed by atoms with van der Waals surface area (Å²) >= 11 is 6.05. The molecule has 2 aromatic heterocycles. The minimum Gasteiger partial charge on any atom is -0.447 e. The number of benzene rings is 1. The fourth-order valence-corrected chi connectivity index (χ4v) is 3.72. The van der Waals surface area contributed by atoms with E-state index in [2.05, 4.69) is 9.97 Å². The van der Waals surface area contributed by atoms with Gasteiger partial charge in [0.2, 0.25) is 0 Å². The molecule has 1 fully saturated rings. The summed E-state index contributed by atoms with van der Waals surface area (Å²) in [6, 6.07) is 8.57. The number of carbonyl (C=O) groups is 1. The minimum atomic E-state index is -0.559. The highest BCUT2D eigenvalue weighted by molar-refractivity contribution is 6.31. The van der Waals surface area contributed by atoms with Gasteiger partial charge in [-0.05, 0) is 54.5 Å². The van der Waals surface area contributed by atoms with Crippen LogP contribution in [0.3, 0.4) is 0 Å². The number of H-pyrrole nitrogens is 1. The summed E-state index contributed by atoms with van der Waals surface area (Å²) in [5.41, 5.74) is 1.58. The average Bonchev–Trinajstić information content (AvgIpc) is 3.12. The van der Waals surface area contributed by atoms with Gasteiger partial charge >= 0.3 is 6.09 Å². The lowest BCUT2D eigenvalue weighted by atomic mass is 9.95. The van der Waals surface area contributed by atoms with Crippen LogP contribution in [-0.4, -0.2) is 29.2 Å². The summed E-state index contributed by atoms with van der Waals surface area (Å²) in [7, 11) is 0. The smallest absolute Gasteiger partial charge is 0.414 e. The molecule has 8 heteroatoms. The number of ether oxygens (including phenoxy) is 1. The zero-order valence-corrected chi connectivity index (χ0v) is 16.5. The molecule has 29 heavy (non-hydrogen) atoms. The number of cyclic esters (lactones) is 1. The summed E-state index contributed by atoms with van der Waals surface area (Å²) in [6.45, 7) is 2.47. The van der Waals surface area contributed by atoms with Crippen molar-refractivity contribution in [1.29, 1.82) is 0 Å². The second-order valence-electron chi connectivity index (χ2n) is 7.08. The Morgan fingerprint density at radius 2 is 2.14 bits per heavy atom. The number of nitrogens with zero attached hydrogens (tertiary/aromatic N) is 2. The Morgan fingerprint density at radius 1 is 1.31 bits per heavy atom. The molecular weight excluding hydrogens is 397 g/mol. The topological polar surface area (TPSA) is 75.3 Å². The highest BCUT2D eigenvalue weighted by atomic mass is 35.5. The van der Waals surface area contributed by atoms with Crippen molar-refractivity contribution in [2.45, 2.75) is 25.7 Å². The zero-order chi connectivity index (χ0) is 20.5. The zero-order valence-electron chi connectivity index (χ0n) is 15.7. The molecule has 0 bridgehead atoms. The highest BCUT2D eigenvalue weighted by Gasteiger charge is 2.27. The molecular formula is C21H19ClFN3O3. The van der Waals surface area contributed by atoms with Gasteiger partial charge < -0.3 is 9.72 Å². The molecule has 3 heterocycles. The molecule has 3 aromatic rings. The lowest BCUT2D eigenvalue weighted by Gasteiger charge is -2.16. The first-order valence-electron chi connectivity index (χ1n) is 9.34. The molecule has 1 aliphatic heterocycles. The van der Waals surface area contributed by atoms with Crippen molar-refractivity contribution in [1.82, 2.24) is 9.97 Å². The van der Waals surface area contributed by atoms with E-state index < -0.39 is 11.9 Å². The van der Waals surface area contributed by atoms with Gasteiger partial charge in [-0.2, -0.15) is 0 Å². The van der Waals surface area contributed by atoms with Gasteiger partial charge in [0.05, 0.1) is 17.9 Å². The molecule has 0 unspecified atom stereocenters. The van der Waals surface area contributed by atoms with Gasteiger partial charge in [-0.25, -0.2) is 9.18 Å². The Balaban J connectivity index is 1.55. The third kappa shape index (κ3) is 3.82. The maximum atomic E-state index is 14.9. The predicted octanol–water partition coefficient (Wildman–Crippen LogP) is 4.41. The summed E-state index contributed by atoms with van der Waals surface area (Å²) in [5.74, 6) is -0.651. The molecule has 1 aliphatic rings. The lowest BCUT2D eigenvalue weighted by Crippen LogP contribution is -2.25. The Hall–Kier alpha value is -2.93. The van der Waals surface area contributed by atoms with Gasteiger partial charge in [0.1, 0.15) is 6.61 Å². The number of aromatic nitrogens is 2. The number of rotatable bonds is 5. The van der Waals surface area contributed by atoms with Crippen molar-refractivity contribution in [2.24, 2.45) is 0 Å². The minimum absolute atomic E-state index is 0.122. The number of carbonyl (C=O) groups excluding carboxylic acids is 1. The number of nitrogens with one attached hydrogen (secondary N) is 1. The number of amides is 1. The lowest BCUT2D eigenvalue weighted by molar-refractivity contribution is 0.181. The van der Waals surface area contributed by atoms with Crippen LogP contribution >= 0.6 is 11.6 Å². The first-order chi connectivity index (χ1) is 13.9. The number of fused-ring (bicyclic) bond motifs is 1. The van der Waals surface area contributed by atoms with Crippen molar-refractivity contribution >= 4 is 34.3 Å². The molecule has 0 saturated carbocycles. The van der Waals surface area contributed by atoms with Crippen molar-refractivity contribution < 1.29 is 13.9 Å². The van der Waals surface area contributed by atoms with Crippen LogP contribution < -0.4 is 10.5 Å². The molecule has 1 N–H and O–H groups in total. The van der Waals surface area contributed by atoms with Crippen LogP contribution in [0.1, 0.15) is 30.5 Å². The van der Waals surface area contributed by atoms with E-state index in [1.807, 2.05) is 13.0 Å². The van der Waals surface area contributed by atoms with Gasteiger partial charge in [-0.1, -0.05) is 18.5 Å².